The van der Waals surface area contributed by atoms with Gasteiger partial charge in [0.2, 0.25) is 0 Å². The highest BCUT2D eigenvalue weighted by atomic mass is 19.4. The summed E-state index contributed by atoms with van der Waals surface area (Å²) in [4.78, 5) is 1.67. The molecule has 5 heteroatoms. The van der Waals surface area contributed by atoms with E-state index >= 15 is 0 Å². The summed E-state index contributed by atoms with van der Waals surface area (Å²) in [6, 6.07) is 4.21. The molecule has 2 nitrogen and oxygen atoms in total. The van der Waals surface area contributed by atoms with Crippen molar-refractivity contribution in [3.8, 4) is 0 Å². The molecule has 1 aliphatic carbocycles. The van der Waals surface area contributed by atoms with Crippen LogP contribution < -0.4 is 4.90 Å². The molecule has 0 aliphatic heterocycles. The molecule has 1 fully saturated rings. The summed E-state index contributed by atoms with van der Waals surface area (Å²) in [7, 11) is 1.68. The van der Waals surface area contributed by atoms with E-state index < -0.39 is 11.7 Å². The van der Waals surface area contributed by atoms with Crippen LogP contribution in [0, 0.1) is 0 Å². The molecule has 1 aromatic carbocycles. The summed E-state index contributed by atoms with van der Waals surface area (Å²) in [5, 5.41) is 8.90. The van der Waals surface area contributed by atoms with Gasteiger partial charge in [-0.2, -0.15) is 13.2 Å². The zero-order valence-corrected chi connectivity index (χ0v) is 9.46. The quantitative estimate of drug-likeness (QED) is 0.885. The molecule has 0 aromatic heterocycles. The molecule has 0 radical (unpaired) electrons. The molecule has 17 heavy (non-hydrogen) atoms. The fraction of sp³-hybridized carbons (Fsp3) is 0.500. The van der Waals surface area contributed by atoms with Crippen molar-refractivity contribution in [2.45, 2.75) is 31.7 Å². The number of nitrogens with zero attached hydrogens (tertiary/aromatic N) is 1. The molecular weight excluding hydrogens is 231 g/mol. The molecule has 0 spiro atoms. The average Bonchev–Trinajstić information content (AvgIpc) is 3.10. The van der Waals surface area contributed by atoms with Gasteiger partial charge in [-0.05, 0) is 30.5 Å². The van der Waals surface area contributed by atoms with Gasteiger partial charge in [0.1, 0.15) is 0 Å². The minimum absolute atomic E-state index is 0.192. The second kappa shape index (κ2) is 4.22. The molecule has 94 valence electrons. The summed E-state index contributed by atoms with van der Waals surface area (Å²) >= 11 is 0. The van der Waals surface area contributed by atoms with Crippen LogP contribution in [0.2, 0.25) is 0 Å². The first-order valence-electron chi connectivity index (χ1n) is 5.47. The monoisotopic (exact) mass is 245 g/mol. The van der Waals surface area contributed by atoms with Crippen LogP contribution in [0.3, 0.4) is 0 Å². The van der Waals surface area contributed by atoms with E-state index in [9.17, 15) is 13.2 Å². The lowest BCUT2D eigenvalue weighted by molar-refractivity contribution is -0.137. The first kappa shape index (κ1) is 12.2. The van der Waals surface area contributed by atoms with Crippen LogP contribution in [0.4, 0.5) is 18.9 Å². The zero-order chi connectivity index (χ0) is 12.6. The predicted molar refractivity (Wildman–Crippen MR) is 58.8 cm³/mol. The Morgan fingerprint density at radius 3 is 2.47 bits per heavy atom. The summed E-state index contributed by atoms with van der Waals surface area (Å²) < 4.78 is 38.7. The molecule has 2 rings (SSSR count). The SMILES string of the molecule is CN(c1ccc(CO)cc1C(F)(F)F)C1CC1. The van der Waals surface area contributed by atoms with Crippen molar-refractivity contribution in [3.05, 3.63) is 29.3 Å². The minimum Gasteiger partial charge on any atom is -0.392 e. The number of alkyl halides is 3. The van der Waals surface area contributed by atoms with Gasteiger partial charge in [0.05, 0.1) is 12.2 Å². The lowest BCUT2D eigenvalue weighted by Gasteiger charge is -2.23. The minimum atomic E-state index is -4.39. The van der Waals surface area contributed by atoms with Crippen LogP contribution in [-0.2, 0) is 12.8 Å². The lowest BCUT2D eigenvalue weighted by Crippen LogP contribution is -2.23. The second-order valence-electron chi connectivity index (χ2n) is 4.35. The maximum absolute atomic E-state index is 12.9. The molecule has 1 aromatic rings. The van der Waals surface area contributed by atoms with Gasteiger partial charge in [0.15, 0.2) is 0 Å². The highest BCUT2D eigenvalue weighted by Gasteiger charge is 2.37. The van der Waals surface area contributed by atoms with Crippen molar-refractivity contribution < 1.29 is 18.3 Å². The van der Waals surface area contributed by atoms with Gasteiger partial charge >= 0.3 is 6.18 Å². The number of rotatable bonds is 3. The smallest absolute Gasteiger partial charge is 0.392 e. The molecule has 0 saturated heterocycles. The number of hydrogen-bond acceptors (Lipinski definition) is 2. The highest BCUT2D eigenvalue weighted by molar-refractivity contribution is 5.57. The molecule has 0 amide bonds. The first-order chi connectivity index (χ1) is 7.93. The van der Waals surface area contributed by atoms with Crippen molar-refractivity contribution in [2.24, 2.45) is 0 Å². The summed E-state index contributed by atoms with van der Waals surface area (Å²) in [6.07, 6.45) is -2.51. The maximum atomic E-state index is 12.9. The number of hydrogen-bond donors (Lipinski definition) is 1. The molecule has 0 atom stereocenters. The number of anilines is 1. The standard InChI is InChI=1S/C12H14F3NO/c1-16(9-3-4-9)11-5-2-8(7-17)6-10(11)12(13,14)15/h2,5-6,9,17H,3-4,7H2,1H3. The van der Waals surface area contributed by atoms with Crippen molar-refractivity contribution in [2.75, 3.05) is 11.9 Å². The largest absolute Gasteiger partial charge is 0.418 e. The Bertz CT molecular complexity index is 413. The Hall–Kier alpha value is -1.23. The Labute approximate surface area is 97.7 Å². The number of halogens is 3. The van der Waals surface area contributed by atoms with Crippen LogP contribution in [0.5, 0.6) is 0 Å². The topological polar surface area (TPSA) is 23.5 Å². The Morgan fingerprint density at radius 2 is 2.00 bits per heavy atom. The third-order valence-electron chi connectivity index (χ3n) is 3.02. The van der Waals surface area contributed by atoms with E-state index in [4.69, 9.17) is 5.11 Å². The van der Waals surface area contributed by atoms with Gasteiger partial charge in [-0.15, -0.1) is 0 Å². The number of benzene rings is 1. The van der Waals surface area contributed by atoms with Gasteiger partial charge in [0.25, 0.3) is 0 Å². The molecule has 0 heterocycles. The van der Waals surface area contributed by atoms with Crippen LogP contribution in [-0.4, -0.2) is 18.2 Å². The highest BCUT2D eigenvalue weighted by Crippen LogP contribution is 2.40. The third-order valence-corrected chi connectivity index (χ3v) is 3.02. The van der Waals surface area contributed by atoms with Crippen molar-refractivity contribution in [1.29, 1.82) is 0 Å². The zero-order valence-electron chi connectivity index (χ0n) is 9.46. The van der Waals surface area contributed by atoms with Crippen LogP contribution in [0.15, 0.2) is 18.2 Å². The van der Waals surface area contributed by atoms with Crippen molar-refractivity contribution in [1.82, 2.24) is 0 Å². The molecule has 1 saturated carbocycles. The van der Waals surface area contributed by atoms with Gasteiger partial charge in [-0.3, -0.25) is 0 Å². The van der Waals surface area contributed by atoms with Crippen LogP contribution in [0.1, 0.15) is 24.0 Å². The lowest BCUT2D eigenvalue weighted by atomic mass is 10.1. The number of aliphatic hydroxyl groups is 1. The van der Waals surface area contributed by atoms with Crippen molar-refractivity contribution >= 4 is 5.69 Å². The Kier molecular flexibility index (Phi) is 3.03. The molecule has 0 bridgehead atoms. The van der Waals surface area contributed by atoms with E-state index in [0.29, 0.717) is 0 Å². The average molecular weight is 245 g/mol. The van der Waals surface area contributed by atoms with E-state index in [1.807, 2.05) is 0 Å². The second-order valence-corrected chi connectivity index (χ2v) is 4.35. The van der Waals surface area contributed by atoms with E-state index in [0.717, 1.165) is 18.9 Å². The normalized spacial score (nSPS) is 16.1. The third kappa shape index (κ3) is 2.54. The fourth-order valence-corrected chi connectivity index (χ4v) is 1.87. The fourth-order valence-electron chi connectivity index (χ4n) is 1.87. The van der Waals surface area contributed by atoms with E-state index in [-0.39, 0.29) is 23.9 Å². The first-order valence-corrected chi connectivity index (χ1v) is 5.47. The number of aliphatic hydroxyl groups excluding tert-OH is 1. The van der Waals surface area contributed by atoms with Gasteiger partial charge in [0, 0.05) is 18.8 Å². The van der Waals surface area contributed by atoms with E-state index in [1.54, 1.807) is 11.9 Å². The predicted octanol–water partition coefficient (Wildman–Crippen LogP) is 2.80. The summed E-state index contributed by atoms with van der Waals surface area (Å²) in [5.41, 5.74) is -0.194. The van der Waals surface area contributed by atoms with Crippen LogP contribution >= 0.6 is 0 Å². The molecule has 1 aliphatic rings. The summed E-state index contributed by atoms with van der Waals surface area (Å²) in [5.74, 6) is 0. The molecular formula is C12H14F3NO. The van der Waals surface area contributed by atoms with E-state index in [1.165, 1.54) is 12.1 Å². The van der Waals surface area contributed by atoms with E-state index in [2.05, 4.69) is 0 Å². The van der Waals surface area contributed by atoms with Crippen LogP contribution in [0.25, 0.3) is 0 Å². The van der Waals surface area contributed by atoms with Gasteiger partial charge in [-0.25, -0.2) is 0 Å². The van der Waals surface area contributed by atoms with Crippen molar-refractivity contribution in [3.63, 3.8) is 0 Å². The Balaban J connectivity index is 2.42. The maximum Gasteiger partial charge on any atom is 0.418 e. The van der Waals surface area contributed by atoms with Gasteiger partial charge < -0.3 is 10.0 Å². The Morgan fingerprint density at radius 1 is 1.35 bits per heavy atom. The van der Waals surface area contributed by atoms with Gasteiger partial charge in [-0.1, -0.05) is 6.07 Å². The molecule has 0 unspecified atom stereocenters. The summed E-state index contributed by atoms with van der Waals surface area (Å²) in [6.45, 7) is -0.378. The molecule has 1 N–H and O–H groups in total.